The third-order valence-corrected chi connectivity index (χ3v) is 4.93. The van der Waals surface area contributed by atoms with Crippen LogP contribution in [0.25, 0.3) is 0 Å². The minimum atomic E-state index is -0.232. The zero-order chi connectivity index (χ0) is 17.9. The summed E-state index contributed by atoms with van der Waals surface area (Å²) in [6.45, 7) is 5.94. The predicted octanol–water partition coefficient (Wildman–Crippen LogP) is 2.45. The SMILES string of the molecule is CCOC(=O)N1CCN(c2cc(N3CCc4ccccc43)ncn2)CC1. The first-order chi connectivity index (χ1) is 12.8. The molecular weight excluding hydrogens is 330 g/mol. The molecular formula is C19H23N5O2. The predicted molar refractivity (Wildman–Crippen MR) is 100.0 cm³/mol. The fourth-order valence-corrected chi connectivity index (χ4v) is 3.57. The second kappa shape index (κ2) is 7.19. The Morgan fingerprint density at radius 2 is 1.85 bits per heavy atom. The third-order valence-electron chi connectivity index (χ3n) is 4.93. The van der Waals surface area contributed by atoms with E-state index < -0.39 is 0 Å². The highest BCUT2D eigenvalue weighted by Gasteiger charge is 2.25. The Hall–Kier alpha value is -2.83. The Morgan fingerprint density at radius 3 is 2.65 bits per heavy atom. The number of carbonyl (C=O) groups excluding carboxylic acids is 1. The number of nitrogens with zero attached hydrogens (tertiary/aromatic N) is 5. The normalized spacial score (nSPS) is 16.6. The first-order valence-electron chi connectivity index (χ1n) is 9.10. The van der Waals surface area contributed by atoms with Crippen molar-refractivity contribution in [1.29, 1.82) is 0 Å². The molecule has 1 amide bonds. The lowest BCUT2D eigenvalue weighted by atomic mass is 10.2. The number of hydrogen-bond donors (Lipinski definition) is 0. The number of piperazine rings is 1. The molecule has 1 fully saturated rings. The van der Waals surface area contributed by atoms with Crippen LogP contribution in [0.1, 0.15) is 12.5 Å². The van der Waals surface area contributed by atoms with Gasteiger partial charge in [0.25, 0.3) is 0 Å². The van der Waals surface area contributed by atoms with Crippen LogP contribution in [-0.4, -0.2) is 60.3 Å². The van der Waals surface area contributed by atoms with Crippen LogP contribution in [0.2, 0.25) is 0 Å². The molecule has 7 nitrogen and oxygen atoms in total. The molecule has 1 saturated heterocycles. The van der Waals surface area contributed by atoms with Gasteiger partial charge in [-0.25, -0.2) is 14.8 Å². The number of para-hydroxylation sites is 1. The molecule has 4 rings (SSSR count). The topological polar surface area (TPSA) is 61.8 Å². The van der Waals surface area contributed by atoms with Crippen LogP contribution < -0.4 is 9.80 Å². The van der Waals surface area contributed by atoms with E-state index in [1.165, 1.54) is 11.3 Å². The highest BCUT2D eigenvalue weighted by atomic mass is 16.6. The van der Waals surface area contributed by atoms with E-state index in [0.717, 1.165) is 37.7 Å². The number of hydrogen-bond acceptors (Lipinski definition) is 6. The Labute approximate surface area is 153 Å². The number of amides is 1. The standard InChI is InChI=1S/C19H23N5O2/c1-2-26-19(25)23-11-9-22(10-12-23)17-13-18(21-14-20-17)24-8-7-15-5-3-4-6-16(15)24/h3-6,13-14H,2,7-12H2,1H3. The number of aromatic nitrogens is 2. The second-order valence-corrected chi connectivity index (χ2v) is 6.44. The zero-order valence-electron chi connectivity index (χ0n) is 15.0. The summed E-state index contributed by atoms with van der Waals surface area (Å²) in [6, 6.07) is 10.5. The summed E-state index contributed by atoms with van der Waals surface area (Å²) < 4.78 is 5.08. The molecule has 0 saturated carbocycles. The number of carbonyl (C=O) groups is 1. The highest BCUT2D eigenvalue weighted by molar-refractivity contribution is 5.69. The van der Waals surface area contributed by atoms with Crippen LogP contribution >= 0.6 is 0 Å². The van der Waals surface area contributed by atoms with Gasteiger partial charge in [-0.05, 0) is 25.0 Å². The summed E-state index contributed by atoms with van der Waals surface area (Å²) in [5.41, 5.74) is 2.58. The quantitative estimate of drug-likeness (QED) is 0.845. The molecule has 1 aromatic heterocycles. The summed E-state index contributed by atoms with van der Waals surface area (Å²) in [4.78, 5) is 27.0. The molecule has 1 aromatic carbocycles. The van der Waals surface area contributed by atoms with Gasteiger partial charge >= 0.3 is 6.09 Å². The smallest absolute Gasteiger partial charge is 0.409 e. The van der Waals surface area contributed by atoms with Gasteiger partial charge in [-0.15, -0.1) is 0 Å². The summed E-state index contributed by atoms with van der Waals surface area (Å²) in [6.07, 6.45) is 2.43. The maximum absolute atomic E-state index is 11.8. The highest BCUT2D eigenvalue weighted by Crippen LogP contribution is 2.34. The van der Waals surface area contributed by atoms with Gasteiger partial charge in [0.1, 0.15) is 18.0 Å². The van der Waals surface area contributed by atoms with Crippen molar-refractivity contribution in [2.24, 2.45) is 0 Å². The number of anilines is 3. The molecule has 2 aliphatic heterocycles. The summed E-state index contributed by atoms with van der Waals surface area (Å²) >= 11 is 0. The summed E-state index contributed by atoms with van der Waals surface area (Å²) in [7, 11) is 0. The van der Waals surface area contributed by atoms with Crippen LogP contribution in [-0.2, 0) is 11.2 Å². The lowest BCUT2D eigenvalue weighted by Crippen LogP contribution is -2.49. The van der Waals surface area contributed by atoms with Crippen LogP contribution in [0.15, 0.2) is 36.7 Å². The fourth-order valence-electron chi connectivity index (χ4n) is 3.57. The van der Waals surface area contributed by atoms with Gasteiger partial charge in [0, 0.05) is 44.5 Å². The molecule has 0 atom stereocenters. The molecule has 0 bridgehead atoms. The molecule has 26 heavy (non-hydrogen) atoms. The molecule has 0 radical (unpaired) electrons. The lowest BCUT2D eigenvalue weighted by Gasteiger charge is -2.34. The van der Waals surface area contributed by atoms with Crippen molar-refractivity contribution in [3.05, 3.63) is 42.2 Å². The molecule has 0 unspecified atom stereocenters. The van der Waals surface area contributed by atoms with E-state index >= 15 is 0 Å². The van der Waals surface area contributed by atoms with Crippen molar-refractivity contribution in [1.82, 2.24) is 14.9 Å². The average molecular weight is 353 g/mol. The maximum atomic E-state index is 11.8. The second-order valence-electron chi connectivity index (χ2n) is 6.44. The molecule has 0 aliphatic carbocycles. The van der Waals surface area contributed by atoms with Gasteiger partial charge in [0.05, 0.1) is 6.61 Å². The first kappa shape index (κ1) is 16.6. The fraction of sp³-hybridized carbons (Fsp3) is 0.421. The number of rotatable bonds is 3. The Morgan fingerprint density at radius 1 is 1.08 bits per heavy atom. The summed E-state index contributed by atoms with van der Waals surface area (Å²) in [5.74, 6) is 1.83. The van der Waals surface area contributed by atoms with E-state index in [1.807, 2.05) is 13.0 Å². The monoisotopic (exact) mass is 353 g/mol. The van der Waals surface area contributed by atoms with Gasteiger partial charge in [-0.1, -0.05) is 18.2 Å². The maximum Gasteiger partial charge on any atom is 0.409 e. The molecule has 2 aromatic rings. The lowest BCUT2D eigenvalue weighted by molar-refractivity contribution is 0.105. The van der Waals surface area contributed by atoms with E-state index in [4.69, 9.17) is 4.74 Å². The Bertz CT molecular complexity index is 789. The minimum Gasteiger partial charge on any atom is -0.450 e. The molecule has 7 heteroatoms. The first-order valence-corrected chi connectivity index (χ1v) is 9.10. The van der Waals surface area contributed by atoms with E-state index in [2.05, 4.69) is 44.0 Å². The largest absolute Gasteiger partial charge is 0.450 e. The van der Waals surface area contributed by atoms with Crippen LogP contribution in [0.5, 0.6) is 0 Å². The van der Waals surface area contributed by atoms with Crippen molar-refractivity contribution >= 4 is 23.4 Å². The van der Waals surface area contributed by atoms with Gasteiger partial charge in [-0.2, -0.15) is 0 Å². The Balaban J connectivity index is 1.47. The van der Waals surface area contributed by atoms with Gasteiger partial charge in [0.2, 0.25) is 0 Å². The van der Waals surface area contributed by atoms with Crippen molar-refractivity contribution in [2.45, 2.75) is 13.3 Å². The van der Waals surface area contributed by atoms with Crippen LogP contribution in [0, 0.1) is 0 Å². The molecule has 0 spiro atoms. The third kappa shape index (κ3) is 3.16. The number of fused-ring (bicyclic) bond motifs is 1. The number of ether oxygens (including phenoxy) is 1. The Kier molecular flexibility index (Phi) is 4.60. The minimum absolute atomic E-state index is 0.232. The van der Waals surface area contributed by atoms with E-state index in [0.29, 0.717) is 19.7 Å². The molecule has 2 aliphatic rings. The molecule has 3 heterocycles. The molecule has 136 valence electrons. The molecule has 0 N–H and O–H groups in total. The van der Waals surface area contributed by atoms with Crippen LogP contribution in [0.4, 0.5) is 22.1 Å². The van der Waals surface area contributed by atoms with E-state index in [-0.39, 0.29) is 6.09 Å². The van der Waals surface area contributed by atoms with Crippen molar-refractivity contribution in [3.8, 4) is 0 Å². The average Bonchev–Trinajstić information content (AvgIpc) is 3.13. The van der Waals surface area contributed by atoms with Crippen molar-refractivity contribution in [2.75, 3.05) is 49.1 Å². The van der Waals surface area contributed by atoms with Gasteiger partial charge < -0.3 is 19.4 Å². The van der Waals surface area contributed by atoms with E-state index in [9.17, 15) is 4.79 Å². The zero-order valence-corrected chi connectivity index (χ0v) is 15.0. The number of benzene rings is 1. The van der Waals surface area contributed by atoms with Crippen LogP contribution in [0.3, 0.4) is 0 Å². The van der Waals surface area contributed by atoms with Gasteiger partial charge in [0.15, 0.2) is 0 Å². The van der Waals surface area contributed by atoms with Crippen molar-refractivity contribution < 1.29 is 9.53 Å². The van der Waals surface area contributed by atoms with Gasteiger partial charge in [-0.3, -0.25) is 0 Å². The summed E-state index contributed by atoms with van der Waals surface area (Å²) in [5, 5.41) is 0. The van der Waals surface area contributed by atoms with Crippen molar-refractivity contribution in [3.63, 3.8) is 0 Å². The van der Waals surface area contributed by atoms with E-state index in [1.54, 1.807) is 11.2 Å².